The second kappa shape index (κ2) is 40.5. The molecule has 0 spiro atoms. The lowest BCUT2D eigenvalue weighted by Crippen LogP contribution is -2.42. The van der Waals surface area contributed by atoms with Gasteiger partial charge in [0.25, 0.3) is 5.91 Å². The highest BCUT2D eigenvalue weighted by Gasteiger charge is 2.32. The zero-order valence-corrected chi connectivity index (χ0v) is 46.5. The van der Waals surface area contributed by atoms with Crippen LogP contribution < -0.4 is 5.32 Å². The molecule has 0 unspecified atom stereocenters. The Morgan fingerprint density at radius 2 is 1.08 bits per heavy atom. The van der Waals surface area contributed by atoms with Crippen molar-refractivity contribution in [3.05, 3.63) is 35.4 Å². The predicted octanol–water partition coefficient (Wildman–Crippen LogP) is 13.0. The number of hydrogen-bond acceptors (Lipinski definition) is 12. The number of hydrogen-bond donors (Lipinski definition) is 3. The molecule has 0 bridgehead atoms. The summed E-state index contributed by atoms with van der Waals surface area (Å²) in [5.74, 6) is -4.48. The van der Waals surface area contributed by atoms with Gasteiger partial charge in [-0.1, -0.05) is 180 Å². The lowest BCUT2D eigenvalue weighted by atomic mass is 10.0. The highest BCUT2D eigenvalue weighted by Crippen LogP contribution is 2.21. The Kier molecular flexibility index (Phi) is 37.2. The maximum atomic E-state index is 13.8. The molecule has 2 atom stereocenters. The number of thioether (sulfide) groups is 1. The summed E-state index contributed by atoms with van der Waals surface area (Å²) in [4.78, 5) is 74.6. The summed E-state index contributed by atoms with van der Waals surface area (Å²) in [7, 11) is -4.31. The summed E-state index contributed by atoms with van der Waals surface area (Å²) in [6.07, 6.45) is 28.6. The van der Waals surface area contributed by atoms with Crippen LogP contribution in [-0.2, 0) is 50.0 Å². The van der Waals surface area contributed by atoms with Gasteiger partial charge in [-0.05, 0) is 57.7 Å². The van der Waals surface area contributed by atoms with Crippen molar-refractivity contribution in [3.8, 4) is 0 Å². The molecule has 0 aliphatic heterocycles. The van der Waals surface area contributed by atoms with Crippen molar-refractivity contribution in [3.63, 3.8) is 0 Å². The van der Waals surface area contributed by atoms with Crippen LogP contribution in [0.3, 0.4) is 0 Å². The van der Waals surface area contributed by atoms with Crippen LogP contribution in [0.1, 0.15) is 243 Å². The van der Waals surface area contributed by atoms with Gasteiger partial charge < -0.3 is 29.7 Å². The Balaban J connectivity index is 2.84. The van der Waals surface area contributed by atoms with E-state index in [4.69, 9.17) is 19.3 Å². The van der Waals surface area contributed by atoms with Crippen LogP contribution in [-0.4, -0.2) is 100 Å². The number of nitrogens with one attached hydrogen (secondary N) is 1. The van der Waals surface area contributed by atoms with Gasteiger partial charge in [0.1, 0.15) is 24.4 Å². The lowest BCUT2D eigenvalue weighted by molar-refractivity contribution is -0.157. The van der Waals surface area contributed by atoms with Crippen LogP contribution in [0.5, 0.6) is 0 Å². The summed E-state index contributed by atoms with van der Waals surface area (Å²) in [5.41, 5.74) is -0.671. The van der Waals surface area contributed by atoms with Crippen LogP contribution >= 0.6 is 11.8 Å². The molecule has 2 amide bonds. The number of aliphatic carboxylic acids is 2. The van der Waals surface area contributed by atoms with Gasteiger partial charge in [0.2, 0.25) is 10.0 Å². The summed E-state index contributed by atoms with van der Waals surface area (Å²) in [6.45, 7) is 8.69. The molecule has 414 valence electrons. The second-order valence-corrected chi connectivity index (χ2v) is 23.3. The molecule has 0 fully saturated rings. The number of rotatable bonds is 45. The van der Waals surface area contributed by atoms with Gasteiger partial charge in [0.05, 0.1) is 12.3 Å². The van der Waals surface area contributed by atoms with Crippen molar-refractivity contribution < 1.29 is 61.6 Å². The van der Waals surface area contributed by atoms with Gasteiger partial charge in [-0.15, -0.1) is 0 Å². The Labute approximate surface area is 437 Å². The van der Waals surface area contributed by atoms with E-state index in [1.165, 1.54) is 152 Å². The Hall–Kier alpha value is -3.86. The minimum atomic E-state index is -4.31. The summed E-state index contributed by atoms with van der Waals surface area (Å²) in [6, 6.07) is 4.07. The molecule has 72 heavy (non-hydrogen) atoms. The molecule has 0 aliphatic rings. The van der Waals surface area contributed by atoms with Crippen molar-refractivity contribution in [2.45, 2.75) is 252 Å². The molecule has 0 aromatic heterocycles. The van der Waals surface area contributed by atoms with Crippen molar-refractivity contribution in [1.82, 2.24) is 9.62 Å². The van der Waals surface area contributed by atoms with E-state index in [1.54, 1.807) is 20.8 Å². The quantitative estimate of drug-likeness (QED) is 0.0314. The average Bonchev–Trinajstić information content (AvgIpc) is 3.32. The van der Waals surface area contributed by atoms with Gasteiger partial charge >= 0.3 is 30.0 Å². The van der Waals surface area contributed by atoms with Crippen molar-refractivity contribution in [1.29, 1.82) is 0 Å². The fourth-order valence-electron chi connectivity index (χ4n) is 7.97. The molecular formula is C55H94N2O13S2. The van der Waals surface area contributed by atoms with E-state index < -0.39 is 76.4 Å². The molecule has 0 heterocycles. The average molecular weight is 1060 g/mol. The van der Waals surface area contributed by atoms with E-state index in [1.807, 2.05) is 0 Å². The maximum absolute atomic E-state index is 13.8. The fraction of sp³-hybridized carbons (Fsp3) is 0.782. The summed E-state index contributed by atoms with van der Waals surface area (Å²) in [5, 5.41) is 20.7. The molecular weight excluding hydrogens is 961 g/mol. The zero-order valence-electron chi connectivity index (χ0n) is 44.9. The number of unbranched alkanes of at least 4 members (excludes halogenated alkanes) is 24. The first-order valence-corrected chi connectivity index (χ1v) is 30.2. The van der Waals surface area contributed by atoms with E-state index in [-0.39, 0.29) is 48.9 Å². The highest BCUT2D eigenvalue weighted by atomic mass is 32.2. The first-order chi connectivity index (χ1) is 34.4. The molecule has 17 heteroatoms. The van der Waals surface area contributed by atoms with Crippen molar-refractivity contribution in [2.24, 2.45) is 0 Å². The monoisotopic (exact) mass is 1050 g/mol. The lowest BCUT2D eigenvalue weighted by Gasteiger charge is -2.27. The van der Waals surface area contributed by atoms with E-state index in [9.17, 15) is 42.3 Å². The summed E-state index contributed by atoms with van der Waals surface area (Å²) < 4.78 is 45.2. The Morgan fingerprint density at radius 1 is 0.639 bits per heavy atom. The van der Waals surface area contributed by atoms with Gasteiger partial charge in [-0.25, -0.2) is 18.0 Å². The smallest absolute Gasteiger partial charge is 0.424 e. The van der Waals surface area contributed by atoms with E-state index in [2.05, 4.69) is 19.2 Å². The van der Waals surface area contributed by atoms with E-state index >= 15 is 0 Å². The maximum Gasteiger partial charge on any atom is 0.424 e. The second-order valence-electron chi connectivity index (χ2n) is 20.2. The SMILES string of the molecule is CCCCCCCCCCCCCCCC(=O)OC[C@H](CSCCS(=O)(=O)N(Cc1ccc(C(=O)N[C@@H](CCC(=O)O)C(=O)O)cc1)C(=O)OC(C)(C)C)OC(=O)CCCCCCCCCCCCCCC. The van der Waals surface area contributed by atoms with Crippen molar-refractivity contribution in [2.75, 3.05) is 23.9 Å². The third kappa shape index (κ3) is 35.3. The Morgan fingerprint density at radius 3 is 1.51 bits per heavy atom. The van der Waals surface area contributed by atoms with Crippen LogP contribution in [0.15, 0.2) is 24.3 Å². The molecule has 0 saturated heterocycles. The third-order valence-electron chi connectivity index (χ3n) is 12.2. The summed E-state index contributed by atoms with van der Waals surface area (Å²) >= 11 is 1.19. The van der Waals surface area contributed by atoms with E-state index in [0.717, 1.165) is 38.5 Å². The number of carboxylic acid groups (broad SMARTS) is 2. The minimum absolute atomic E-state index is 0.00712. The molecule has 1 aromatic carbocycles. The number of nitrogens with zero attached hydrogens (tertiary/aromatic N) is 1. The number of benzene rings is 1. The van der Waals surface area contributed by atoms with Crippen LogP contribution in [0, 0.1) is 0 Å². The van der Waals surface area contributed by atoms with Crippen LogP contribution in [0.4, 0.5) is 4.79 Å². The molecule has 1 aromatic rings. The van der Waals surface area contributed by atoms with Gasteiger partial charge in [0, 0.05) is 36.3 Å². The first-order valence-electron chi connectivity index (χ1n) is 27.4. The number of amides is 2. The number of carbonyl (C=O) groups excluding carboxylic acids is 4. The third-order valence-corrected chi connectivity index (χ3v) is 15.2. The topological polar surface area (TPSA) is 220 Å². The molecule has 0 saturated carbocycles. The number of sulfonamides is 1. The standard InChI is InChI=1S/C55H94N2O13S2/c1-6-8-10-12-14-16-18-20-22-24-26-28-30-32-50(60)68-43-47(69-51(61)33-31-29-27-25-23-21-19-17-15-13-11-9-7-2)44-71-40-41-72(66,67)57(54(65)70-55(3,4)5)42-45-34-36-46(37-35-45)52(62)56-48(53(63)64)38-39-49(58)59/h34-37,47-48H,6-33,38-44H2,1-5H3,(H,56,62)(H,58,59)(H,63,64)/t47-,48+/m1/s1. The van der Waals surface area contributed by atoms with Crippen molar-refractivity contribution >= 4 is 57.7 Å². The normalized spacial score (nSPS) is 12.5. The number of carbonyl (C=O) groups is 6. The molecule has 15 nitrogen and oxygen atoms in total. The molecule has 0 radical (unpaired) electrons. The first kappa shape index (κ1) is 66.2. The highest BCUT2D eigenvalue weighted by molar-refractivity contribution is 8.00. The molecule has 1 rings (SSSR count). The zero-order chi connectivity index (χ0) is 53.5. The Bertz CT molecular complexity index is 1770. The number of ether oxygens (including phenoxy) is 3. The minimum Gasteiger partial charge on any atom is -0.481 e. The largest absolute Gasteiger partial charge is 0.481 e. The molecule has 3 N–H and O–H groups in total. The number of esters is 2. The van der Waals surface area contributed by atoms with Gasteiger partial charge in [0.15, 0.2) is 0 Å². The van der Waals surface area contributed by atoms with E-state index in [0.29, 0.717) is 22.7 Å². The fourth-order valence-corrected chi connectivity index (χ4v) is 10.7. The molecule has 0 aliphatic carbocycles. The predicted molar refractivity (Wildman–Crippen MR) is 287 cm³/mol. The van der Waals surface area contributed by atoms with Gasteiger partial charge in [-0.2, -0.15) is 16.1 Å². The van der Waals surface area contributed by atoms with Crippen LogP contribution in [0.25, 0.3) is 0 Å². The number of carboxylic acids is 2. The van der Waals surface area contributed by atoms with Gasteiger partial charge in [-0.3, -0.25) is 19.2 Å². The van der Waals surface area contributed by atoms with Crippen LogP contribution in [0.2, 0.25) is 0 Å².